The van der Waals surface area contributed by atoms with E-state index in [0.717, 1.165) is 128 Å². The molecule has 12 rings (SSSR count). The van der Waals surface area contributed by atoms with Crippen molar-refractivity contribution in [3.63, 3.8) is 0 Å². The number of carboxylic acids is 4. The summed E-state index contributed by atoms with van der Waals surface area (Å²) in [6.45, 7) is 45.1. The van der Waals surface area contributed by atoms with E-state index in [-0.39, 0.29) is 143 Å². The minimum atomic E-state index is -0.823. The quantitative estimate of drug-likeness (QED) is 0.0917. The van der Waals surface area contributed by atoms with Crippen molar-refractivity contribution in [2.45, 2.75) is 264 Å². The topological polar surface area (TPSA) is 202 Å². The van der Waals surface area contributed by atoms with Gasteiger partial charge in [0, 0.05) is 10.8 Å². The molecule has 0 aromatic heterocycles. The molecule has 0 aromatic carbocycles. The molecule has 0 aliphatic heterocycles. The number of allylic oxidation sites excluding steroid dienone is 2. The van der Waals surface area contributed by atoms with E-state index < -0.39 is 57.4 Å². The van der Waals surface area contributed by atoms with Crippen LogP contribution in [0.3, 0.4) is 0 Å². The molecule has 12 aliphatic rings. The van der Waals surface area contributed by atoms with E-state index >= 15 is 0 Å². The molecule has 12 saturated carbocycles. The van der Waals surface area contributed by atoms with Crippen molar-refractivity contribution < 1.29 is 110 Å². The van der Waals surface area contributed by atoms with Gasteiger partial charge in [0.05, 0.1) is 34.5 Å². The van der Waals surface area contributed by atoms with Crippen LogP contribution in [0.4, 0.5) is 0 Å². The molecule has 24 atom stereocenters. The van der Waals surface area contributed by atoms with Gasteiger partial charge in [-0.15, -0.1) is 0 Å². The van der Waals surface area contributed by atoms with Gasteiger partial charge < -0.3 is 29.9 Å². The first-order chi connectivity index (χ1) is 40.6. The van der Waals surface area contributed by atoms with Crippen molar-refractivity contribution >= 4 is 35.8 Å². The van der Waals surface area contributed by atoms with E-state index in [2.05, 4.69) is 96.2 Å². The minimum Gasteiger partial charge on any atom is -0.481 e. The summed E-state index contributed by atoms with van der Waals surface area (Å²) in [6.07, 6.45) is 20.2. The van der Waals surface area contributed by atoms with E-state index in [0.29, 0.717) is 60.2 Å². The molecule has 12 nitrogen and oxygen atoms in total. The number of carbonyl (C=O) groups is 6. The summed E-state index contributed by atoms with van der Waals surface area (Å²) in [5, 5.41) is 40.4. The average Bonchev–Trinajstić information content (AvgIpc) is 1.65. The third kappa shape index (κ3) is 9.54. The second kappa shape index (κ2) is 22.5. The molecule has 0 radical (unpaired) electrons. The number of carboxylic acid groups (broad SMARTS) is 4. The molecular weight excluding hydrogens is 1140 g/mol. The molecule has 492 valence electrons. The molecule has 8 unspecified atom stereocenters. The monoisotopic (exact) mass is 1260 g/mol. The van der Waals surface area contributed by atoms with Crippen LogP contribution in [0, 0.1) is 148 Å². The minimum absolute atomic E-state index is 0. The Balaban J connectivity index is 0.000000194. The summed E-state index contributed by atoms with van der Waals surface area (Å²) in [7, 11) is 0. The first-order valence-corrected chi connectivity index (χ1v) is 35.2. The standard InChI is InChI=1S/2C38H58O6.K/c2*1-21(2)22-12-17-38(32(42)43)19-18-36(8)23(29(22)38)10-11-27-35(7)15-14-28(34(5,6)26(35)13-16-37(27,36)9)44-31(41)25-20-24(30(39)40)33(25,3)4;/h2*22-29H,1,10-20H2,2-9H3,(H,39,40)(H,42,43);/q;;+1/t2*22-,23?,24+,25-,26?,27?,28-,29?,35-,36+,37+,38-;/m00./s1. The van der Waals surface area contributed by atoms with Crippen LogP contribution < -0.4 is 51.4 Å². The predicted octanol–water partition coefficient (Wildman–Crippen LogP) is 13.8. The summed E-state index contributed by atoms with van der Waals surface area (Å²) >= 11 is 0. The Morgan fingerprint density at radius 1 is 0.371 bits per heavy atom. The van der Waals surface area contributed by atoms with Crippen LogP contribution in [-0.2, 0) is 38.2 Å². The zero-order valence-electron chi connectivity index (χ0n) is 58.3. The number of hydrogen-bond donors (Lipinski definition) is 4. The molecule has 0 spiro atoms. The summed E-state index contributed by atoms with van der Waals surface area (Å²) < 4.78 is 12.7. The van der Waals surface area contributed by atoms with Crippen LogP contribution in [0.2, 0.25) is 0 Å². The second-order valence-corrected chi connectivity index (χ2v) is 36.9. The second-order valence-electron chi connectivity index (χ2n) is 36.9. The van der Waals surface area contributed by atoms with E-state index in [1.807, 2.05) is 27.7 Å². The Kier molecular flexibility index (Phi) is 17.6. The molecule has 13 heteroatoms. The maximum atomic E-state index is 13.5. The molecule has 89 heavy (non-hydrogen) atoms. The molecular formula is C76H116KO12+. The number of fused-ring (bicyclic) bond motifs is 14. The van der Waals surface area contributed by atoms with Crippen molar-refractivity contribution in [1.82, 2.24) is 0 Å². The normalized spacial score (nSPS) is 49.5. The number of hydrogen-bond acceptors (Lipinski definition) is 8. The van der Waals surface area contributed by atoms with Crippen molar-refractivity contribution in [1.29, 1.82) is 0 Å². The Morgan fingerprint density at radius 2 is 0.708 bits per heavy atom. The molecule has 12 aliphatic carbocycles. The Labute approximate surface area is 577 Å². The first-order valence-electron chi connectivity index (χ1n) is 35.2. The van der Waals surface area contributed by atoms with Crippen molar-refractivity contribution in [2.75, 3.05) is 0 Å². The van der Waals surface area contributed by atoms with Crippen LogP contribution in [0.25, 0.3) is 0 Å². The van der Waals surface area contributed by atoms with Crippen LogP contribution in [0.5, 0.6) is 0 Å². The van der Waals surface area contributed by atoms with E-state index in [1.165, 1.54) is 11.1 Å². The fourth-order valence-corrected chi connectivity index (χ4v) is 27.3. The first kappa shape index (κ1) is 69.8. The maximum absolute atomic E-state index is 13.5. The van der Waals surface area contributed by atoms with Crippen LogP contribution in [0.15, 0.2) is 24.3 Å². The summed E-state index contributed by atoms with van der Waals surface area (Å²) in [6, 6.07) is 0. The van der Waals surface area contributed by atoms with Crippen LogP contribution >= 0.6 is 0 Å². The van der Waals surface area contributed by atoms with Crippen molar-refractivity contribution in [3.8, 4) is 0 Å². The van der Waals surface area contributed by atoms with Gasteiger partial charge in [-0.05, 0) is 258 Å². The zero-order valence-corrected chi connectivity index (χ0v) is 61.4. The maximum Gasteiger partial charge on any atom is 1.00 e. The summed E-state index contributed by atoms with van der Waals surface area (Å²) in [5.74, 6) is -1.19. The predicted molar refractivity (Wildman–Crippen MR) is 339 cm³/mol. The number of carbonyl (C=O) groups excluding carboxylic acids is 2. The molecule has 4 N–H and O–H groups in total. The molecule has 0 heterocycles. The third-order valence-corrected chi connectivity index (χ3v) is 33.1. The molecule has 0 saturated heterocycles. The number of ether oxygens (including phenoxy) is 2. The largest absolute Gasteiger partial charge is 1.00 e. The SMILES string of the molecule is C=C(C)[C@@H]1CC[C@]2(C(=O)O)CC[C@]3(C)C(CCC4[C@@]5(C)CC[C@H](OC(=O)[C@@H]6C[C@H](C(=O)O)C6(C)C)C(C)(C)C5CC[C@]43C)C12.C=C(C)[C@@H]1CC[C@]2(C(=O)O)CC[C@]3(C)C(CCC4[C@@]5(C)CC[C@H](OC(=O)[C@@H]6C[C@H](C(=O)O)C6(C)C)C(C)(C)C5CC[C@]43C)C12.[K+]. The zero-order chi connectivity index (χ0) is 64.8. The van der Waals surface area contributed by atoms with E-state index in [4.69, 9.17) is 9.47 Å². The van der Waals surface area contributed by atoms with Gasteiger partial charge in [-0.25, -0.2) is 0 Å². The molecule has 12 fully saturated rings. The van der Waals surface area contributed by atoms with Gasteiger partial charge >= 0.3 is 87.2 Å². The van der Waals surface area contributed by atoms with Crippen molar-refractivity contribution in [3.05, 3.63) is 24.3 Å². The van der Waals surface area contributed by atoms with Gasteiger partial charge in [-0.2, -0.15) is 0 Å². The van der Waals surface area contributed by atoms with E-state index in [9.17, 15) is 49.2 Å². The summed E-state index contributed by atoms with van der Waals surface area (Å²) in [4.78, 5) is 76.1. The molecule has 0 aromatic rings. The number of esters is 2. The van der Waals surface area contributed by atoms with Gasteiger partial charge in [0.15, 0.2) is 0 Å². The Hall–Kier alpha value is -2.06. The van der Waals surface area contributed by atoms with E-state index in [1.54, 1.807) is 0 Å². The van der Waals surface area contributed by atoms with Gasteiger partial charge in [0.2, 0.25) is 0 Å². The molecule has 0 bridgehead atoms. The fraction of sp³-hybridized carbons (Fsp3) is 0.868. The number of aliphatic carboxylic acids is 4. The fourth-order valence-electron chi connectivity index (χ4n) is 27.3. The molecule has 0 amide bonds. The van der Waals surface area contributed by atoms with Gasteiger partial charge in [-0.1, -0.05) is 121 Å². The van der Waals surface area contributed by atoms with Crippen LogP contribution in [0.1, 0.15) is 252 Å². The van der Waals surface area contributed by atoms with Crippen molar-refractivity contribution in [2.24, 2.45) is 148 Å². The van der Waals surface area contributed by atoms with Gasteiger partial charge in [0.1, 0.15) is 12.2 Å². The smallest absolute Gasteiger partial charge is 0.481 e. The third-order valence-electron chi connectivity index (χ3n) is 33.1. The van der Waals surface area contributed by atoms with Gasteiger partial charge in [-0.3, -0.25) is 28.8 Å². The number of rotatable bonds is 10. The van der Waals surface area contributed by atoms with Crippen LogP contribution in [-0.4, -0.2) is 68.4 Å². The Morgan fingerprint density at radius 3 is 1.00 bits per heavy atom. The Bertz CT molecular complexity index is 2730. The average molecular weight is 1260 g/mol. The van der Waals surface area contributed by atoms with Gasteiger partial charge in [0.25, 0.3) is 0 Å². The summed E-state index contributed by atoms with van der Waals surface area (Å²) in [5.41, 5.74) is 0.332.